The molecule has 0 aliphatic carbocycles. The molecule has 3 aromatic rings. The zero-order valence-corrected chi connectivity index (χ0v) is 14.4. The minimum atomic E-state index is -0.697. The van der Waals surface area contributed by atoms with Gasteiger partial charge < -0.3 is 9.42 Å². The van der Waals surface area contributed by atoms with Crippen LogP contribution >= 0.6 is 11.6 Å². The highest BCUT2D eigenvalue weighted by molar-refractivity contribution is 6.31. The fourth-order valence-corrected chi connectivity index (χ4v) is 3.13. The molecule has 2 heterocycles. The van der Waals surface area contributed by atoms with E-state index in [-0.39, 0.29) is 41.3 Å². The Labute approximate surface area is 156 Å². The van der Waals surface area contributed by atoms with Gasteiger partial charge in [-0.05, 0) is 30.3 Å². The number of hydrogen-bond acceptors (Lipinski definition) is 4. The van der Waals surface area contributed by atoms with Crippen LogP contribution < -0.4 is 4.90 Å². The van der Waals surface area contributed by atoms with Gasteiger partial charge in [0.1, 0.15) is 17.5 Å². The summed E-state index contributed by atoms with van der Waals surface area (Å²) in [4.78, 5) is 17.7. The zero-order valence-electron chi connectivity index (χ0n) is 13.6. The summed E-state index contributed by atoms with van der Waals surface area (Å²) in [6, 6.07) is 6.91. The third kappa shape index (κ3) is 3.28. The third-order valence-electron chi connectivity index (χ3n) is 4.29. The molecule has 1 amide bonds. The number of amides is 1. The molecule has 0 radical (unpaired) electrons. The van der Waals surface area contributed by atoms with Crippen molar-refractivity contribution in [3.63, 3.8) is 0 Å². The van der Waals surface area contributed by atoms with Gasteiger partial charge in [-0.1, -0.05) is 16.8 Å². The lowest BCUT2D eigenvalue weighted by atomic mass is 10.1. The van der Waals surface area contributed by atoms with E-state index in [1.54, 1.807) is 0 Å². The summed E-state index contributed by atoms with van der Waals surface area (Å²) >= 11 is 5.75. The number of anilines is 1. The molecule has 1 atom stereocenters. The first-order valence-electron chi connectivity index (χ1n) is 7.97. The predicted molar refractivity (Wildman–Crippen MR) is 90.8 cm³/mol. The molecule has 2 aromatic carbocycles. The molecular weight excluding hydrogens is 383 g/mol. The maximum atomic E-state index is 14.0. The fourth-order valence-electron chi connectivity index (χ4n) is 2.95. The van der Waals surface area contributed by atoms with Gasteiger partial charge in [0.2, 0.25) is 17.6 Å². The molecule has 1 aliphatic heterocycles. The average Bonchev–Trinajstić information content (AvgIpc) is 3.26. The van der Waals surface area contributed by atoms with Gasteiger partial charge >= 0.3 is 0 Å². The molecule has 1 aliphatic rings. The number of nitrogens with zero attached hydrogens (tertiary/aromatic N) is 3. The summed E-state index contributed by atoms with van der Waals surface area (Å²) in [6.45, 7) is 0.0744. The normalized spacial score (nSPS) is 17.0. The van der Waals surface area contributed by atoms with E-state index < -0.39 is 23.4 Å². The Morgan fingerprint density at radius 1 is 1.11 bits per heavy atom. The Bertz CT molecular complexity index is 1040. The first-order valence-corrected chi connectivity index (χ1v) is 8.34. The third-order valence-corrected chi connectivity index (χ3v) is 4.58. The van der Waals surface area contributed by atoms with Crippen molar-refractivity contribution in [2.75, 3.05) is 11.4 Å². The summed E-state index contributed by atoms with van der Waals surface area (Å²) < 4.78 is 45.9. The molecule has 5 nitrogen and oxygen atoms in total. The van der Waals surface area contributed by atoms with Crippen LogP contribution in [-0.4, -0.2) is 22.6 Å². The lowest BCUT2D eigenvalue weighted by Crippen LogP contribution is -2.25. The first kappa shape index (κ1) is 17.5. The standard InChI is InChI=1S/C18H11ClF3N3O2/c19-12-5-9(1-3-13(12)21)17-23-18(27-24-17)10-6-16(26)25(8-10)15-7-11(20)2-4-14(15)22/h1-5,7,10H,6,8H2. The van der Waals surface area contributed by atoms with Crippen molar-refractivity contribution < 1.29 is 22.5 Å². The number of aromatic nitrogens is 2. The number of carbonyl (C=O) groups is 1. The van der Waals surface area contributed by atoms with Gasteiger partial charge in [0.25, 0.3) is 0 Å². The summed E-state index contributed by atoms with van der Waals surface area (Å²) in [5, 5.41) is 3.74. The fraction of sp³-hybridized carbons (Fsp3) is 0.167. The van der Waals surface area contributed by atoms with Gasteiger partial charge in [-0.15, -0.1) is 0 Å². The number of rotatable bonds is 3. The minimum Gasteiger partial charge on any atom is -0.339 e. The van der Waals surface area contributed by atoms with E-state index in [4.69, 9.17) is 16.1 Å². The molecule has 0 N–H and O–H groups in total. The highest BCUT2D eigenvalue weighted by Gasteiger charge is 2.36. The Kier molecular flexibility index (Phi) is 4.35. The second kappa shape index (κ2) is 6.70. The molecule has 1 aromatic heterocycles. The van der Waals surface area contributed by atoms with Crippen LogP contribution in [0.2, 0.25) is 5.02 Å². The molecule has 1 fully saturated rings. The van der Waals surface area contributed by atoms with E-state index in [1.807, 2.05) is 0 Å². The molecule has 0 bridgehead atoms. The van der Waals surface area contributed by atoms with Crippen molar-refractivity contribution in [1.29, 1.82) is 0 Å². The van der Waals surface area contributed by atoms with Gasteiger partial charge in [-0.2, -0.15) is 4.98 Å². The van der Waals surface area contributed by atoms with E-state index in [1.165, 1.54) is 18.2 Å². The van der Waals surface area contributed by atoms with E-state index in [2.05, 4.69) is 10.1 Å². The largest absolute Gasteiger partial charge is 0.339 e. The zero-order chi connectivity index (χ0) is 19.1. The second-order valence-corrected chi connectivity index (χ2v) is 6.49. The lowest BCUT2D eigenvalue weighted by molar-refractivity contribution is -0.117. The van der Waals surface area contributed by atoms with Crippen LogP contribution in [-0.2, 0) is 4.79 Å². The molecule has 9 heteroatoms. The summed E-state index contributed by atoms with van der Waals surface area (Å²) in [5.41, 5.74) is 0.321. The molecule has 0 saturated carbocycles. The van der Waals surface area contributed by atoms with Gasteiger partial charge in [-0.25, -0.2) is 13.2 Å². The maximum absolute atomic E-state index is 14.0. The number of halogens is 4. The lowest BCUT2D eigenvalue weighted by Gasteiger charge is -2.16. The van der Waals surface area contributed by atoms with Crippen molar-refractivity contribution in [3.05, 3.63) is 64.8 Å². The summed E-state index contributed by atoms with van der Waals surface area (Å²) in [6.07, 6.45) is 0.0156. The average molecular weight is 394 g/mol. The molecule has 1 unspecified atom stereocenters. The Morgan fingerprint density at radius 2 is 1.89 bits per heavy atom. The quantitative estimate of drug-likeness (QED) is 0.664. The molecule has 0 spiro atoms. The van der Waals surface area contributed by atoms with E-state index in [9.17, 15) is 18.0 Å². The first-order chi connectivity index (χ1) is 12.9. The van der Waals surface area contributed by atoms with Crippen LogP contribution in [0.5, 0.6) is 0 Å². The highest BCUT2D eigenvalue weighted by Crippen LogP contribution is 2.33. The Morgan fingerprint density at radius 3 is 2.67 bits per heavy atom. The van der Waals surface area contributed by atoms with Crippen molar-refractivity contribution in [1.82, 2.24) is 10.1 Å². The topological polar surface area (TPSA) is 59.2 Å². The second-order valence-electron chi connectivity index (χ2n) is 6.09. The van der Waals surface area contributed by atoms with Crippen molar-refractivity contribution >= 4 is 23.2 Å². The van der Waals surface area contributed by atoms with Crippen LogP contribution in [0.15, 0.2) is 40.9 Å². The van der Waals surface area contributed by atoms with Gasteiger partial charge in [0, 0.05) is 24.6 Å². The monoisotopic (exact) mass is 393 g/mol. The van der Waals surface area contributed by atoms with Crippen molar-refractivity contribution in [3.8, 4) is 11.4 Å². The van der Waals surface area contributed by atoms with Crippen LogP contribution in [0.4, 0.5) is 18.9 Å². The summed E-state index contributed by atoms with van der Waals surface area (Å²) in [5.74, 6) is -2.40. The van der Waals surface area contributed by atoms with Crippen LogP contribution in [0, 0.1) is 17.5 Å². The summed E-state index contributed by atoms with van der Waals surface area (Å²) in [7, 11) is 0. The SMILES string of the molecule is O=C1CC(c2nc(-c3ccc(F)c(Cl)c3)no2)CN1c1cc(F)ccc1F. The molecule has 138 valence electrons. The predicted octanol–water partition coefficient (Wildman–Crippen LogP) is 4.33. The molecular formula is C18H11ClF3N3O2. The van der Waals surface area contributed by atoms with E-state index in [0.29, 0.717) is 5.56 Å². The van der Waals surface area contributed by atoms with E-state index >= 15 is 0 Å². The number of hydrogen-bond donors (Lipinski definition) is 0. The van der Waals surface area contributed by atoms with Crippen LogP contribution in [0.3, 0.4) is 0 Å². The van der Waals surface area contributed by atoms with Crippen molar-refractivity contribution in [2.45, 2.75) is 12.3 Å². The van der Waals surface area contributed by atoms with Crippen molar-refractivity contribution in [2.24, 2.45) is 0 Å². The number of benzene rings is 2. The van der Waals surface area contributed by atoms with Gasteiger partial charge in [0.05, 0.1) is 16.6 Å². The Balaban J connectivity index is 1.58. The Hall–Kier alpha value is -2.87. The van der Waals surface area contributed by atoms with Crippen LogP contribution in [0.1, 0.15) is 18.2 Å². The molecule has 27 heavy (non-hydrogen) atoms. The smallest absolute Gasteiger partial charge is 0.232 e. The maximum Gasteiger partial charge on any atom is 0.232 e. The highest BCUT2D eigenvalue weighted by atomic mass is 35.5. The minimum absolute atomic E-state index is 0.0156. The number of carbonyl (C=O) groups excluding carboxylic acids is 1. The van der Waals surface area contributed by atoms with Gasteiger partial charge in [-0.3, -0.25) is 4.79 Å². The van der Waals surface area contributed by atoms with Crippen LogP contribution in [0.25, 0.3) is 11.4 Å². The van der Waals surface area contributed by atoms with E-state index in [0.717, 1.165) is 23.1 Å². The molecule has 4 rings (SSSR count). The molecule has 1 saturated heterocycles. The van der Waals surface area contributed by atoms with Gasteiger partial charge in [0.15, 0.2) is 0 Å².